The van der Waals surface area contributed by atoms with Crippen LogP contribution in [0.25, 0.3) is 0 Å². The largest absolute Gasteiger partial charge is 0.329 e. The summed E-state index contributed by atoms with van der Waals surface area (Å²) in [6, 6.07) is 0.675. The summed E-state index contributed by atoms with van der Waals surface area (Å²) < 4.78 is 0. The molecular formula is C7H18N2. The van der Waals surface area contributed by atoms with Crippen molar-refractivity contribution in [3.05, 3.63) is 0 Å². The summed E-state index contributed by atoms with van der Waals surface area (Å²) in [4.78, 5) is 2.28. The molecular weight excluding hydrogens is 112 g/mol. The minimum absolute atomic E-state index is 0.675. The van der Waals surface area contributed by atoms with Crippen molar-refractivity contribution < 1.29 is 0 Å². The fourth-order valence-corrected chi connectivity index (χ4v) is 0.736. The Hall–Kier alpha value is -0.0800. The molecule has 0 rings (SSSR count). The third kappa shape index (κ3) is 3.49. The smallest absolute Gasteiger partial charge is 0.0104 e. The molecule has 2 nitrogen and oxygen atoms in total. The van der Waals surface area contributed by atoms with Gasteiger partial charge in [-0.1, -0.05) is 6.92 Å². The van der Waals surface area contributed by atoms with E-state index < -0.39 is 0 Å². The van der Waals surface area contributed by atoms with Gasteiger partial charge in [-0.05, 0) is 20.4 Å². The van der Waals surface area contributed by atoms with Crippen molar-refractivity contribution in [3.8, 4) is 0 Å². The zero-order valence-electron chi connectivity index (χ0n) is 6.72. The Morgan fingerprint density at radius 2 is 2.11 bits per heavy atom. The minimum Gasteiger partial charge on any atom is -0.329 e. The average molecular weight is 130 g/mol. The Morgan fingerprint density at radius 3 is 2.44 bits per heavy atom. The van der Waals surface area contributed by atoms with Crippen LogP contribution in [-0.4, -0.2) is 31.1 Å². The maximum Gasteiger partial charge on any atom is 0.0104 e. The van der Waals surface area contributed by atoms with Gasteiger partial charge in [-0.15, -0.1) is 0 Å². The third-order valence-electron chi connectivity index (χ3n) is 1.83. The van der Waals surface area contributed by atoms with Crippen LogP contribution in [0.4, 0.5) is 0 Å². The van der Waals surface area contributed by atoms with Gasteiger partial charge in [0, 0.05) is 19.1 Å². The molecule has 0 aromatic carbocycles. The second-order valence-electron chi connectivity index (χ2n) is 2.53. The highest BCUT2D eigenvalue weighted by molar-refractivity contribution is 4.59. The number of hydrogen-bond donors (Lipinski definition) is 1. The van der Waals surface area contributed by atoms with Crippen LogP contribution in [0.1, 0.15) is 20.3 Å². The molecule has 0 saturated heterocycles. The maximum atomic E-state index is 5.38. The van der Waals surface area contributed by atoms with Gasteiger partial charge in [0.2, 0.25) is 0 Å². The molecule has 2 heteroatoms. The topological polar surface area (TPSA) is 29.3 Å². The second kappa shape index (κ2) is 4.77. The molecule has 0 heterocycles. The van der Waals surface area contributed by atoms with Crippen LogP contribution in [0.5, 0.6) is 0 Å². The molecule has 0 aliphatic rings. The lowest BCUT2D eigenvalue weighted by Crippen LogP contribution is -2.32. The number of nitrogens with two attached hydrogens (primary N) is 1. The lowest BCUT2D eigenvalue weighted by atomic mass is 10.2. The van der Waals surface area contributed by atoms with Gasteiger partial charge < -0.3 is 10.6 Å². The first kappa shape index (κ1) is 8.92. The van der Waals surface area contributed by atoms with Crippen molar-refractivity contribution in [3.63, 3.8) is 0 Å². The highest BCUT2D eigenvalue weighted by atomic mass is 15.1. The highest BCUT2D eigenvalue weighted by Gasteiger charge is 2.03. The van der Waals surface area contributed by atoms with Crippen molar-refractivity contribution in [2.75, 3.05) is 20.1 Å². The highest BCUT2D eigenvalue weighted by Crippen LogP contribution is 1.97. The molecule has 0 aliphatic heterocycles. The number of likely N-dealkylation sites (N-methyl/N-ethyl adjacent to an activating group) is 1. The summed E-state index contributed by atoms with van der Waals surface area (Å²) in [5, 5.41) is 0. The molecule has 0 amide bonds. The number of hydrogen-bond acceptors (Lipinski definition) is 2. The van der Waals surface area contributed by atoms with Crippen molar-refractivity contribution >= 4 is 0 Å². The van der Waals surface area contributed by atoms with E-state index in [1.807, 2.05) is 0 Å². The van der Waals surface area contributed by atoms with Gasteiger partial charge in [-0.3, -0.25) is 0 Å². The second-order valence-corrected chi connectivity index (χ2v) is 2.53. The summed E-state index contributed by atoms with van der Waals surface area (Å²) in [6.45, 7) is 6.18. The van der Waals surface area contributed by atoms with E-state index in [0.29, 0.717) is 6.04 Å². The summed E-state index contributed by atoms with van der Waals surface area (Å²) in [5.41, 5.74) is 5.38. The van der Waals surface area contributed by atoms with Crippen LogP contribution >= 0.6 is 0 Å². The normalized spacial score (nSPS) is 14.3. The monoisotopic (exact) mass is 130 g/mol. The van der Waals surface area contributed by atoms with Crippen LogP contribution in [-0.2, 0) is 0 Å². The molecule has 0 fully saturated rings. The average Bonchev–Trinajstić information content (AvgIpc) is 1.87. The molecule has 0 saturated carbocycles. The van der Waals surface area contributed by atoms with Gasteiger partial charge >= 0.3 is 0 Å². The van der Waals surface area contributed by atoms with E-state index in [0.717, 1.165) is 13.1 Å². The Labute approximate surface area is 58.0 Å². The van der Waals surface area contributed by atoms with E-state index in [2.05, 4.69) is 25.8 Å². The third-order valence-corrected chi connectivity index (χ3v) is 1.83. The van der Waals surface area contributed by atoms with Gasteiger partial charge in [-0.25, -0.2) is 0 Å². The molecule has 1 unspecified atom stereocenters. The van der Waals surface area contributed by atoms with Crippen molar-refractivity contribution in [2.45, 2.75) is 26.3 Å². The molecule has 9 heavy (non-hydrogen) atoms. The molecule has 0 aromatic heterocycles. The molecule has 0 aromatic rings. The zero-order chi connectivity index (χ0) is 7.28. The van der Waals surface area contributed by atoms with E-state index in [1.54, 1.807) is 0 Å². The van der Waals surface area contributed by atoms with Crippen molar-refractivity contribution in [1.29, 1.82) is 0 Å². The Balaban J connectivity index is 3.32. The zero-order valence-corrected chi connectivity index (χ0v) is 6.72. The number of rotatable bonds is 4. The quantitative estimate of drug-likeness (QED) is 0.606. The van der Waals surface area contributed by atoms with E-state index in [4.69, 9.17) is 5.73 Å². The Morgan fingerprint density at radius 1 is 1.56 bits per heavy atom. The summed E-state index contributed by atoms with van der Waals surface area (Å²) in [6.07, 6.45) is 1.20. The van der Waals surface area contributed by atoms with Crippen LogP contribution < -0.4 is 5.73 Å². The van der Waals surface area contributed by atoms with Gasteiger partial charge in [0.15, 0.2) is 0 Å². The first-order valence-electron chi connectivity index (χ1n) is 3.62. The summed E-state index contributed by atoms with van der Waals surface area (Å²) in [5.74, 6) is 0. The molecule has 2 N–H and O–H groups in total. The van der Waals surface area contributed by atoms with Crippen molar-refractivity contribution in [2.24, 2.45) is 5.73 Å². The van der Waals surface area contributed by atoms with Crippen LogP contribution in [0.15, 0.2) is 0 Å². The molecule has 0 aliphatic carbocycles. The van der Waals surface area contributed by atoms with E-state index in [1.165, 1.54) is 6.42 Å². The van der Waals surface area contributed by atoms with E-state index in [-0.39, 0.29) is 0 Å². The van der Waals surface area contributed by atoms with Crippen molar-refractivity contribution in [1.82, 2.24) is 4.90 Å². The Bertz CT molecular complexity index is 63.9. The first-order valence-corrected chi connectivity index (χ1v) is 3.62. The molecule has 56 valence electrons. The fraction of sp³-hybridized carbons (Fsp3) is 1.00. The van der Waals surface area contributed by atoms with Gasteiger partial charge in [-0.2, -0.15) is 0 Å². The lowest BCUT2D eigenvalue weighted by molar-refractivity contribution is 0.259. The van der Waals surface area contributed by atoms with Crippen LogP contribution in [0.3, 0.4) is 0 Å². The molecule has 1 atom stereocenters. The fourth-order valence-electron chi connectivity index (χ4n) is 0.736. The standard InChI is InChI=1S/C7H18N2/c1-4-7(2)9(3)6-5-8/h7H,4-6,8H2,1-3H3. The summed E-state index contributed by atoms with van der Waals surface area (Å²) >= 11 is 0. The first-order chi connectivity index (χ1) is 4.22. The van der Waals surface area contributed by atoms with Crippen LogP contribution in [0, 0.1) is 0 Å². The van der Waals surface area contributed by atoms with Crippen LogP contribution in [0.2, 0.25) is 0 Å². The van der Waals surface area contributed by atoms with E-state index >= 15 is 0 Å². The summed E-state index contributed by atoms with van der Waals surface area (Å²) in [7, 11) is 2.11. The van der Waals surface area contributed by atoms with Gasteiger partial charge in [0.25, 0.3) is 0 Å². The maximum absolute atomic E-state index is 5.38. The molecule has 0 bridgehead atoms. The predicted molar refractivity (Wildman–Crippen MR) is 41.4 cm³/mol. The lowest BCUT2D eigenvalue weighted by Gasteiger charge is -2.22. The van der Waals surface area contributed by atoms with Gasteiger partial charge in [0.05, 0.1) is 0 Å². The SMILES string of the molecule is CCC(C)N(C)CCN. The van der Waals surface area contributed by atoms with E-state index in [9.17, 15) is 0 Å². The molecule has 0 radical (unpaired) electrons. The number of nitrogens with zero attached hydrogens (tertiary/aromatic N) is 1. The van der Waals surface area contributed by atoms with Gasteiger partial charge in [0.1, 0.15) is 0 Å². The minimum atomic E-state index is 0.675. The molecule has 0 spiro atoms. The predicted octanol–water partition coefficient (Wildman–Crippen LogP) is 0.675. The Kier molecular flexibility index (Phi) is 4.72.